The van der Waals surface area contributed by atoms with Crippen molar-refractivity contribution in [3.63, 3.8) is 0 Å². The monoisotopic (exact) mass is 303 g/mol. The van der Waals surface area contributed by atoms with Crippen LogP contribution in [0.5, 0.6) is 5.75 Å². The summed E-state index contributed by atoms with van der Waals surface area (Å²) < 4.78 is 5.96. The number of hydrogen-bond acceptors (Lipinski definition) is 3. The maximum Gasteiger partial charge on any atom is 0.122 e. The minimum atomic E-state index is -0.463. The van der Waals surface area contributed by atoms with Gasteiger partial charge in [-0.2, -0.15) is 0 Å². The van der Waals surface area contributed by atoms with Crippen LogP contribution in [0.15, 0.2) is 24.3 Å². The Morgan fingerprint density at radius 1 is 1.23 bits per heavy atom. The highest BCUT2D eigenvalue weighted by atomic mass is 16.5. The highest BCUT2D eigenvalue weighted by Crippen LogP contribution is 2.54. The summed E-state index contributed by atoms with van der Waals surface area (Å²) in [5.74, 6) is 3.43. The number of nitrogens with one attached hydrogen (secondary N) is 1. The largest absolute Gasteiger partial charge is 0.491 e. The molecule has 0 aromatic heterocycles. The molecule has 1 aromatic carbocycles. The summed E-state index contributed by atoms with van der Waals surface area (Å²) in [7, 11) is 0. The molecule has 0 aliphatic heterocycles. The van der Waals surface area contributed by atoms with Crippen molar-refractivity contribution >= 4 is 0 Å². The van der Waals surface area contributed by atoms with E-state index in [0.717, 1.165) is 17.6 Å². The summed E-state index contributed by atoms with van der Waals surface area (Å²) in [5, 5.41) is 13.3. The van der Waals surface area contributed by atoms with Crippen LogP contribution in [0.3, 0.4) is 0 Å². The zero-order valence-corrected chi connectivity index (χ0v) is 13.8. The number of rotatable bonds is 7. The first-order chi connectivity index (χ1) is 10.6. The second-order valence-electron chi connectivity index (χ2n) is 7.35. The molecule has 122 valence electrons. The van der Waals surface area contributed by atoms with Crippen LogP contribution in [0.2, 0.25) is 0 Å². The van der Waals surface area contributed by atoms with Crippen molar-refractivity contribution in [2.24, 2.45) is 11.8 Å². The minimum absolute atomic E-state index is 0.359. The van der Waals surface area contributed by atoms with Gasteiger partial charge in [0.15, 0.2) is 0 Å². The van der Waals surface area contributed by atoms with Crippen LogP contribution in [0, 0.1) is 11.8 Å². The maximum absolute atomic E-state index is 10.0. The number of fused-ring (bicyclic) bond motifs is 2. The topological polar surface area (TPSA) is 41.5 Å². The summed E-state index contributed by atoms with van der Waals surface area (Å²) in [6.45, 7) is 5.10. The highest BCUT2D eigenvalue weighted by Gasteiger charge is 2.41. The van der Waals surface area contributed by atoms with Gasteiger partial charge in [-0.15, -0.1) is 0 Å². The molecule has 2 fully saturated rings. The van der Waals surface area contributed by atoms with Crippen molar-refractivity contribution in [1.29, 1.82) is 0 Å². The summed E-state index contributed by atoms with van der Waals surface area (Å²) in [4.78, 5) is 0. The van der Waals surface area contributed by atoms with Crippen LogP contribution < -0.4 is 10.1 Å². The number of aliphatic hydroxyl groups excluding tert-OH is 1. The first-order valence-corrected chi connectivity index (χ1v) is 8.76. The van der Waals surface area contributed by atoms with Gasteiger partial charge in [-0.3, -0.25) is 0 Å². The van der Waals surface area contributed by atoms with Crippen LogP contribution in [-0.2, 0) is 0 Å². The summed E-state index contributed by atoms with van der Waals surface area (Å²) in [6, 6.07) is 8.81. The van der Waals surface area contributed by atoms with E-state index >= 15 is 0 Å². The van der Waals surface area contributed by atoms with Gasteiger partial charge < -0.3 is 15.2 Å². The van der Waals surface area contributed by atoms with E-state index in [4.69, 9.17) is 4.74 Å². The Bertz CT molecular complexity index is 488. The summed E-state index contributed by atoms with van der Waals surface area (Å²) in [6.07, 6.45) is 5.06. The highest BCUT2D eigenvalue weighted by molar-refractivity contribution is 5.38. The molecule has 1 aromatic rings. The zero-order chi connectivity index (χ0) is 15.5. The van der Waals surface area contributed by atoms with Crippen molar-refractivity contribution in [3.05, 3.63) is 29.8 Å². The van der Waals surface area contributed by atoms with Crippen molar-refractivity contribution in [2.75, 3.05) is 13.2 Å². The molecule has 3 rings (SSSR count). The molecule has 2 N–H and O–H groups in total. The van der Waals surface area contributed by atoms with Crippen LogP contribution >= 0.6 is 0 Å². The van der Waals surface area contributed by atoms with E-state index in [2.05, 4.69) is 37.4 Å². The molecule has 22 heavy (non-hydrogen) atoms. The molecule has 2 saturated carbocycles. The van der Waals surface area contributed by atoms with E-state index in [0.29, 0.717) is 25.1 Å². The van der Waals surface area contributed by atoms with Crippen molar-refractivity contribution in [2.45, 2.75) is 57.6 Å². The fraction of sp³-hybridized carbons (Fsp3) is 0.684. The molecule has 0 amide bonds. The summed E-state index contributed by atoms with van der Waals surface area (Å²) >= 11 is 0. The fourth-order valence-corrected chi connectivity index (χ4v) is 4.16. The molecular weight excluding hydrogens is 274 g/mol. The number of aliphatic hydroxyl groups is 1. The molecule has 2 aliphatic carbocycles. The second kappa shape index (κ2) is 7.01. The molecule has 0 spiro atoms. The van der Waals surface area contributed by atoms with E-state index < -0.39 is 6.10 Å². The molecule has 0 saturated heterocycles. The third kappa shape index (κ3) is 3.64. The van der Waals surface area contributed by atoms with E-state index in [1.165, 1.54) is 31.2 Å². The number of hydrogen-bond donors (Lipinski definition) is 2. The predicted molar refractivity (Wildman–Crippen MR) is 89.3 cm³/mol. The van der Waals surface area contributed by atoms with E-state index in [1.54, 1.807) is 0 Å². The van der Waals surface area contributed by atoms with Gasteiger partial charge in [0, 0.05) is 12.6 Å². The van der Waals surface area contributed by atoms with Gasteiger partial charge in [-0.05, 0) is 48.6 Å². The molecule has 2 aliphatic rings. The zero-order valence-electron chi connectivity index (χ0n) is 13.8. The molecule has 3 nitrogen and oxygen atoms in total. The Morgan fingerprint density at radius 3 is 2.73 bits per heavy atom. The van der Waals surface area contributed by atoms with Gasteiger partial charge in [-0.1, -0.05) is 38.5 Å². The number of ether oxygens (including phenoxy) is 1. The lowest BCUT2D eigenvalue weighted by Gasteiger charge is -2.25. The minimum Gasteiger partial charge on any atom is -0.491 e. The van der Waals surface area contributed by atoms with Crippen molar-refractivity contribution in [3.8, 4) is 5.75 Å². The molecule has 2 bridgehead atoms. The average Bonchev–Trinajstić information content (AvgIpc) is 3.14. The van der Waals surface area contributed by atoms with Gasteiger partial charge in [0.05, 0.1) is 0 Å². The lowest BCUT2D eigenvalue weighted by Crippen LogP contribution is -2.35. The van der Waals surface area contributed by atoms with Gasteiger partial charge in [0.1, 0.15) is 18.5 Å². The summed E-state index contributed by atoms with van der Waals surface area (Å²) in [5.41, 5.74) is 1.36. The Kier molecular flexibility index (Phi) is 5.04. The van der Waals surface area contributed by atoms with Crippen LogP contribution in [0.1, 0.15) is 51.0 Å². The predicted octanol–water partition coefficient (Wildman–Crippen LogP) is 3.33. The first kappa shape index (κ1) is 15.8. The normalized spacial score (nSPS) is 28.3. The van der Waals surface area contributed by atoms with Gasteiger partial charge in [0.25, 0.3) is 0 Å². The Labute approximate surface area is 134 Å². The van der Waals surface area contributed by atoms with Gasteiger partial charge in [-0.25, -0.2) is 0 Å². The molecule has 3 heteroatoms. The standard InChI is InChI=1S/C19H29NO2/c1-13(2)20-11-16(21)12-22-19-6-4-3-5-17(19)18-10-14-7-8-15(18)9-14/h3-6,13-16,18,20-21H,7-12H2,1-2H3/t14-,15+,16-,18+/m1/s1. The molecule has 4 atom stereocenters. The molecular formula is C19H29NO2. The maximum atomic E-state index is 10.0. The lowest BCUT2D eigenvalue weighted by molar-refractivity contribution is 0.103. The fourth-order valence-electron chi connectivity index (χ4n) is 4.16. The Balaban J connectivity index is 1.60. The smallest absolute Gasteiger partial charge is 0.122 e. The Morgan fingerprint density at radius 2 is 2.05 bits per heavy atom. The second-order valence-corrected chi connectivity index (χ2v) is 7.35. The van der Waals surface area contributed by atoms with E-state index in [9.17, 15) is 5.11 Å². The van der Waals surface area contributed by atoms with E-state index in [1.807, 2.05) is 6.07 Å². The SMILES string of the molecule is CC(C)NC[C@@H](O)COc1ccccc1[C@H]1C[C@@H]2CC[C@H]1C2. The van der Waals surface area contributed by atoms with Crippen molar-refractivity contribution in [1.82, 2.24) is 5.32 Å². The van der Waals surface area contributed by atoms with Gasteiger partial charge in [0.2, 0.25) is 0 Å². The Hall–Kier alpha value is -1.06. The van der Waals surface area contributed by atoms with Crippen LogP contribution in [-0.4, -0.2) is 30.4 Å². The molecule has 0 heterocycles. The third-order valence-corrected chi connectivity index (χ3v) is 5.25. The lowest BCUT2D eigenvalue weighted by atomic mass is 9.83. The van der Waals surface area contributed by atoms with Gasteiger partial charge >= 0.3 is 0 Å². The van der Waals surface area contributed by atoms with Crippen LogP contribution in [0.4, 0.5) is 0 Å². The number of benzene rings is 1. The third-order valence-electron chi connectivity index (χ3n) is 5.25. The average molecular weight is 303 g/mol. The first-order valence-electron chi connectivity index (χ1n) is 8.76. The van der Waals surface area contributed by atoms with Crippen molar-refractivity contribution < 1.29 is 9.84 Å². The molecule has 0 radical (unpaired) electrons. The van der Waals surface area contributed by atoms with Crippen LogP contribution in [0.25, 0.3) is 0 Å². The molecule has 0 unspecified atom stereocenters. The number of para-hydroxylation sites is 1. The van der Waals surface area contributed by atoms with E-state index in [-0.39, 0.29) is 0 Å². The quantitative estimate of drug-likeness (QED) is 0.812.